The summed E-state index contributed by atoms with van der Waals surface area (Å²) in [6, 6.07) is 2.60. The highest BCUT2D eigenvalue weighted by molar-refractivity contribution is 6.50. The molecule has 0 radical (unpaired) electrons. The molecule has 0 spiro atoms. The molecule has 0 aliphatic carbocycles. The van der Waals surface area contributed by atoms with Gasteiger partial charge < -0.3 is 5.73 Å². The Kier molecular flexibility index (Phi) is 3.37. The van der Waals surface area contributed by atoms with Crippen molar-refractivity contribution in [3.63, 3.8) is 0 Å². The van der Waals surface area contributed by atoms with E-state index in [1.165, 1.54) is 12.1 Å². The van der Waals surface area contributed by atoms with Crippen molar-refractivity contribution >= 4 is 46.5 Å². The number of benzene rings is 1. The molecule has 2 N–H and O–H groups in total. The highest BCUT2D eigenvalue weighted by Gasteiger charge is 2.18. The maximum atomic E-state index is 11.2. The van der Waals surface area contributed by atoms with Gasteiger partial charge in [-0.1, -0.05) is 34.8 Å². The van der Waals surface area contributed by atoms with Gasteiger partial charge in [0.25, 0.3) is 11.7 Å². The fraction of sp³-hybridized carbons (Fsp3) is 0. The number of amides is 1. The molecule has 6 heteroatoms. The van der Waals surface area contributed by atoms with Gasteiger partial charge in [0.2, 0.25) is 0 Å². The van der Waals surface area contributed by atoms with Gasteiger partial charge in [-0.15, -0.1) is 0 Å². The van der Waals surface area contributed by atoms with E-state index in [0.29, 0.717) is 0 Å². The van der Waals surface area contributed by atoms with Gasteiger partial charge in [-0.2, -0.15) is 0 Å². The highest BCUT2D eigenvalue weighted by Crippen LogP contribution is 2.29. The van der Waals surface area contributed by atoms with Crippen LogP contribution in [0.3, 0.4) is 0 Å². The summed E-state index contributed by atoms with van der Waals surface area (Å²) in [5, 5.41) is 0.285. The van der Waals surface area contributed by atoms with Gasteiger partial charge in [-0.25, -0.2) is 0 Å². The lowest BCUT2D eigenvalue weighted by atomic mass is 10.1. The van der Waals surface area contributed by atoms with Gasteiger partial charge in [-0.3, -0.25) is 9.59 Å². The van der Waals surface area contributed by atoms with Gasteiger partial charge in [-0.05, 0) is 12.1 Å². The second kappa shape index (κ2) is 4.17. The first-order valence-corrected chi connectivity index (χ1v) is 4.55. The van der Waals surface area contributed by atoms with Crippen LogP contribution in [0.15, 0.2) is 12.1 Å². The van der Waals surface area contributed by atoms with E-state index < -0.39 is 11.7 Å². The number of primary amides is 1. The van der Waals surface area contributed by atoms with E-state index in [0.717, 1.165) is 0 Å². The van der Waals surface area contributed by atoms with E-state index in [4.69, 9.17) is 40.5 Å². The average Bonchev–Trinajstić information content (AvgIpc) is 2.09. The Hall–Kier alpha value is -0.770. The lowest BCUT2D eigenvalue weighted by Gasteiger charge is -2.03. The molecule has 1 amide bonds. The van der Waals surface area contributed by atoms with E-state index in [-0.39, 0.29) is 20.6 Å². The molecular weight excluding hydrogens is 248 g/mol. The minimum Gasteiger partial charge on any atom is -0.363 e. The lowest BCUT2D eigenvalue weighted by molar-refractivity contribution is -0.114. The van der Waals surface area contributed by atoms with Crippen LogP contribution in [0.4, 0.5) is 0 Å². The Balaban J connectivity index is 3.34. The molecule has 0 fully saturated rings. The summed E-state index contributed by atoms with van der Waals surface area (Å²) < 4.78 is 0. The van der Waals surface area contributed by atoms with E-state index in [1.807, 2.05) is 0 Å². The Morgan fingerprint density at radius 2 is 1.71 bits per heavy atom. The Labute approximate surface area is 94.7 Å². The largest absolute Gasteiger partial charge is 0.363 e. The van der Waals surface area contributed by atoms with E-state index >= 15 is 0 Å². The number of ketones is 1. The molecule has 0 atom stereocenters. The Morgan fingerprint density at radius 3 is 2.21 bits per heavy atom. The number of nitrogens with two attached hydrogens (primary N) is 1. The normalized spacial score (nSPS) is 9.93. The van der Waals surface area contributed by atoms with Crippen molar-refractivity contribution in [1.29, 1.82) is 0 Å². The molecule has 0 aliphatic heterocycles. The third-order valence-electron chi connectivity index (χ3n) is 1.46. The first-order valence-electron chi connectivity index (χ1n) is 3.42. The maximum absolute atomic E-state index is 11.2. The van der Waals surface area contributed by atoms with Crippen molar-refractivity contribution in [2.24, 2.45) is 5.73 Å². The molecule has 74 valence electrons. The third kappa shape index (κ3) is 2.18. The Morgan fingerprint density at radius 1 is 1.14 bits per heavy atom. The molecule has 3 nitrogen and oxygen atoms in total. The lowest BCUT2D eigenvalue weighted by Crippen LogP contribution is -2.23. The van der Waals surface area contributed by atoms with Crippen LogP contribution in [0.25, 0.3) is 0 Å². The van der Waals surface area contributed by atoms with Gasteiger partial charge >= 0.3 is 0 Å². The van der Waals surface area contributed by atoms with E-state index in [1.54, 1.807) is 0 Å². The van der Waals surface area contributed by atoms with Crippen LogP contribution in [-0.4, -0.2) is 11.7 Å². The van der Waals surface area contributed by atoms with Crippen LogP contribution in [0, 0.1) is 0 Å². The van der Waals surface area contributed by atoms with Crippen LogP contribution < -0.4 is 5.73 Å². The summed E-state index contributed by atoms with van der Waals surface area (Å²) in [5.74, 6) is -2.02. The second-order valence-electron chi connectivity index (χ2n) is 2.44. The molecule has 1 rings (SSSR count). The standard InChI is InChI=1S/C8H4Cl3NO2/c9-3-1-4(7(13)8(12)14)6(11)5(10)2-3/h1-2H,(H2,12,14). The first-order chi connectivity index (χ1) is 6.43. The fourth-order valence-corrected chi connectivity index (χ4v) is 1.54. The molecule has 0 unspecified atom stereocenters. The molecule has 0 saturated carbocycles. The molecule has 1 aromatic rings. The second-order valence-corrected chi connectivity index (χ2v) is 3.66. The minimum absolute atomic E-state index is 0.0279. The number of hydrogen-bond donors (Lipinski definition) is 1. The first kappa shape index (κ1) is 11.3. The topological polar surface area (TPSA) is 60.2 Å². The summed E-state index contributed by atoms with van der Waals surface area (Å²) in [6.45, 7) is 0. The van der Waals surface area contributed by atoms with Crippen LogP contribution >= 0.6 is 34.8 Å². The highest BCUT2D eigenvalue weighted by atomic mass is 35.5. The fourth-order valence-electron chi connectivity index (χ4n) is 0.854. The summed E-state index contributed by atoms with van der Waals surface area (Å²) in [6.07, 6.45) is 0. The van der Waals surface area contributed by atoms with Crippen molar-refractivity contribution in [2.45, 2.75) is 0 Å². The summed E-state index contributed by atoms with van der Waals surface area (Å²) in [4.78, 5) is 21.8. The molecule has 0 saturated heterocycles. The number of carbonyl (C=O) groups excluding carboxylic acids is 2. The van der Waals surface area contributed by atoms with Crippen molar-refractivity contribution < 1.29 is 9.59 Å². The van der Waals surface area contributed by atoms with Crippen LogP contribution in [-0.2, 0) is 4.79 Å². The molecule has 0 bridgehead atoms. The van der Waals surface area contributed by atoms with Crippen molar-refractivity contribution in [3.8, 4) is 0 Å². The zero-order valence-corrected chi connectivity index (χ0v) is 8.95. The van der Waals surface area contributed by atoms with E-state index in [2.05, 4.69) is 0 Å². The van der Waals surface area contributed by atoms with Crippen LogP contribution in [0.5, 0.6) is 0 Å². The SMILES string of the molecule is NC(=O)C(=O)c1cc(Cl)cc(Cl)c1Cl. The molecule has 1 aromatic carbocycles. The quantitative estimate of drug-likeness (QED) is 0.499. The molecule has 0 aliphatic rings. The maximum Gasteiger partial charge on any atom is 0.289 e. The Bertz CT molecular complexity index is 417. The predicted molar refractivity (Wildman–Crippen MR) is 55.0 cm³/mol. The van der Waals surface area contributed by atoms with Crippen molar-refractivity contribution in [2.75, 3.05) is 0 Å². The summed E-state index contributed by atoms with van der Waals surface area (Å²) in [5.41, 5.74) is 4.72. The molecule has 0 aromatic heterocycles. The zero-order valence-electron chi connectivity index (χ0n) is 6.68. The van der Waals surface area contributed by atoms with Gasteiger partial charge in [0.05, 0.1) is 10.0 Å². The monoisotopic (exact) mass is 251 g/mol. The van der Waals surface area contributed by atoms with Crippen molar-refractivity contribution in [3.05, 3.63) is 32.8 Å². The van der Waals surface area contributed by atoms with E-state index in [9.17, 15) is 9.59 Å². The number of Topliss-reactive ketones (excluding diaryl/α,β-unsaturated/α-hetero) is 1. The zero-order chi connectivity index (χ0) is 10.9. The number of carbonyl (C=O) groups is 2. The number of rotatable bonds is 2. The minimum atomic E-state index is -1.11. The molecule has 0 heterocycles. The van der Waals surface area contributed by atoms with Gasteiger partial charge in [0, 0.05) is 10.6 Å². The third-order valence-corrected chi connectivity index (χ3v) is 2.48. The van der Waals surface area contributed by atoms with Gasteiger partial charge in [0.15, 0.2) is 0 Å². The number of halogens is 3. The van der Waals surface area contributed by atoms with Crippen LogP contribution in [0.2, 0.25) is 15.1 Å². The predicted octanol–water partition coefficient (Wildman–Crippen LogP) is 2.31. The summed E-state index contributed by atoms with van der Waals surface area (Å²) >= 11 is 17.0. The summed E-state index contributed by atoms with van der Waals surface area (Å²) in [7, 11) is 0. The average molecular weight is 252 g/mol. The smallest absolute Gasteiger partial charge is 0.289 e. The molecule has 14 heavy (non-hydrogen) atoms. The molecular formula is C8H4Cl3NO2. The van der Waals surface area contributed by atoms with Crippen molar-refractivity contribution in [1.82, 2.24) is 0 Å². The van der Waals surface area contributed by atoms with Gasteiger partial charge in [0.1, 0.15) is 0 Å². The number of hydrogen-bond acceptors (Lipinski definition) is 2. The van der Waals surface area contributed by atoms with Crippen LogP contribution in [0.1, 0.15) is 10.4 Å².